The van der Waals surface area contributed by atoms with Gasteiger partial charge in [0.1, 0.15) is 0 Å². The zero-order chi connectivity index (χ0) is 13.8. The van der Waals surface area contributed by atoms with E-state index in [1.54, 1.807) is 4.68 Å². The van der Waals surface area contributed by atoms with Crippen LogP contribution in [0.4, 0.5) is 0 Å². The van der Waals surface area contributed by atoms with E-state index in [9.17, 15) is 9.59 Å². The second kappa shape index (κ2) is 5.76. The average Bonchev–Trinajstić information content (AvgIpc) is 2.75. The van der Waals surface area contributed by atoms with Gasteiger partial charge in [-0.05, 0) is 0 Å². The van der Waals surface area contributed by atoms with Crippen molar-refractivity contribution < 1.29 is 19.4 Å². The van der Waals surface area contributed by atoms with E-state index in [-0.39, 0.29) is 18.3 Å². The van der Waals surface area contributed by atoms with Gasteiger partial charge in [0.2, 0.25) is 0 Å². The number of amides is 1. The lowest BCUT2D eigenvalue weighted by atomic mass is 10.2. The Morgan fingerprint density at radius 2 is 2.42 bits per heavy atom. The van der Waals surface area contributed by atoms with Crippen molar-refractivity contribution in [3.8, 4) is 0 Å². The molecule has 1 aromatic heterocycles. The zero-order valence-corrected chi connectivity index (χ0v) is 10.4. The lowest BCUT2D eigenvalue weighted by Gasteiger charge is -2.26. The Kier molecular flexibility index (Phi) is 4.07. The molecule has 1 saturated heterocycles. The molecular weight excluding hydrogens is 254 g/mol. The first-order valence-corrected chi connectivity index (χ1v) is 5.77. The smallest absolute Gasteiger partial charge is 0.328 e. The van der Waals surface area contributed by atoms with Gasteiger partial charge in [0.25, 0.3) is 5.91 Å². The molecule has 104 valence electrons. The number of carboxylic acid groups (broad SMARTS) is 1. The van der Waals surface area contributed by atoms with Crippen LogP contribution in [-0.4, -0.2) is 64.8 Å². The molecule has 9 nitrogen and oxygen atoms in total. The SMILES string of the molecule is COCC(NC(=O)c1cn(C2CNC2)nn1)C(=O)O. The maximum absolute atomic E-state index is 11.8. The predicted molar refractivity (Wildman–Crippen MR) is 62.7 cm³/mol. The minimum absolute atomic E-state index is 0.0919. The van der Waals surface area contributed by atoms with Crippen LogP contribution in [0.1, 0.15) is 16.5 Å². The highest BCUT2D eigenvalue weighted by Gasteiger charge is 2.24. The summed E-state index contributed by atoms with van der Waals surface area (Å²) in [6, 6.07) is -0.906. The van der Waals surface area contributed by atoms with Gasteiger partial charge in [0, 0.05) is 20.2 Å². The van der Waals surface area contributed by atoms with E-state index in [0.29, 0.717) is 0 Å². The van der Waals surface area contributed by atoms with Gasteiger partial charge in [-0.25, -0.2) is 9.48 Å². The molecule has 1 aromatic rings. The maximum Gasteiger partial charge on any atom is 0.328 e. The summed E-state index contributed by atoms with van der Waals surface area (Å²) in [6.45, 7) is 1.46. The molecule has 0 aliphatic carbocycles. The van der Waals surface area contributed by atoms with Crippen LogP contribution in [0.2, 0.25) is 0 Å². The van der Waals surface area contributed by atoms with E-state index < -0.39 is 17.9 Å². The number of hydrogen-bond acceptors (Lipinski definition) is 6. The molecule has 1 aliphatic heterocycles. The minimum Gasteiger partial charge on any atom is -0.480 e. The van der Waals surface area contributed by atoms with E-state index >= 15 is 0 Å². The van der Waals surface area contributed by atoms with Crippen LogP contribution in [-0.2, 0) is 9.53 Å². The monoisotopic (exact) mass is 269 g/mol. The van der Waals surface area contributed by atoms with Gasteiger partial charge >= 0.3 is 5.97 Å². The third-order valence-corrected chi connectivity index (χ3v) is 2.81. The molecular formula is C10H15N5O4. The molecule has 0 aromatic carbocycles. The van der Waals surface area contributed by atoms with Crippen LogP contribution in [0.25, 0.3) is 0 Å². The second-order valence-corrected chi connectivity index (χ2v) is 4.22. The number of ether oxygens (including phenoxy) is 1. The lowest BCUT2D eigenvalue weighted by Crippen LogP contribution is -2.44. The van der Waals surface area contributed by atoms with Gasteiger partial charge in [0.15, 0.2) is 11.7 Å². The molecule has 19 heavy (non-hydrogen) atoms. The van der Waals surface area contributed by atoms with Crippen LogP contribution < -0.4 is 10.6 Å². The third-order valence-electron chi connectivity index (χ3n) is 2.81. The molecule has 1 unspecified atom stereocenters. The summed E-state index contributed by atoms with van der Waals surface area (Å²) < 4.78 is 6.32. The molecule has 1 fully saturated rings. The van der Waals surface area contributed by atoms with Crippen molar-refractivity contribution in [1.82, 2.24) is 25.6 Å². The fourth-order valence-corrected chi connectivity index (χ4v) is 1.59. The number of nitrogens with one attached hydrogen (secondary N) is 2. The summed E-state index contributed by atoms with van der Waals surface area (Å²) in [5.41, 5.74) is 0.0919. The average molecular weight is 269 g/mol. The van der Waals surface area contributed by atoms with Crippen molar-refractivity contribution in [2.45, 2.75) is 12.1 Å². The molecule has 0 spiro atoms. The molecule has 2 heterocycles. The molecule has 1 amide bonds. The van der Waals surface area contributed by atoms with E-state index in [0.717, 1.165) is 13.1 Å². The van der Waals surface area contributed by atoms with Gasteiger partial charge in [-0.2, -0.15) is 0 Å². The first kappa shape index (κ1) is 13.4. The summed E-state index contributed by atoms with van der Waals surface area (Å²) in [7, 11) is 1.36. The van der Waals surface area contributed by atoms with Crippen LogP contribution >= 0.6 is 0 Å². The number of carbonyl (C=O) groups is 2. The number of hydrogen-bond donors (Lipinski definition) is 3. The molecule has 1 atom stereocenters. The van der Waals surface area contributed by atoms with Crippen molar-refractivity contribution in [2.75, 3.05) is 26.8 Å². The molecule has 2 rings (SSSR count). The van der Waals surface area contributed by atoms with Crippen LogP contribution in [0, 0.1) is 0 Å². The predicted octanol–water partition coefficient (Wildman–Crippen LogP) is -1.75. The van der Waals surface area contributed by atoms with Gasteiger partial charge < -0.3 is 20.5 Å². The van der Waals surface area contributed by atoms with Crippen molar-refractivity contribution in [3.63, 3.8) is 0 Å². The number of carboxylic acids is 1. The Hall–Kier alpha value is -2.00. The molecule has 1 aliphatic rings. The second-order valence-electron chi connectivity index (χ2n) is 4.22. The highest BCUT2D eigenvalue weighted by atomic mass is 16.5. The normalized spacial score (nSPS) is 16.7. The summed E-state index contributed by atoms with van der Waals surface area (Å²) >= 11 is 0. The van der Waals surface area contributed by atoms with Crippen LogP contribution in [0.15, 0.2) is 6.20 Å². The number of nitrogens with zero attached hydrogens (tertiary/aromatic N) is 3. The highest BCUT2D eigenvalue weighted by Crippen LogP contribution is 2.09. The topological polar surface area (TPSA) is 118 Å². The quantitative estimate of drug-likeness (QED) is 0.560. The third kappa shape index (κ3) is 3.06. The summed E-state index contributed by atoms with van der Waals surface area (Å²) in [5, 5.41) is 21.9. The number of rotatable bonds is 6. The van der Waals surface area contributed by atoms with Crippen molar-refractivity contribution in [2.24, 2.45) is 0 Å². The Balaban J connectivity index is 1.98. The molecule has 0 radical (unpaired) electrons. The minimum atomic E-state index is -1.16. The summed E-state index contributed by atoms with van der Waals surface area (Å²) in [4.78, 5) is 22.7. The fraction of sp³-hybridized carbons (Fsp3) is 0.600. The molecule has 9 heteroatoms. The van der Waals surface area contributed by atoms with Gasteiger partial charge in [-0.3, -0.25) is 4.79 Å². The number of methoxy groups -OCH3 is 1. The van der Waals surface area contributed by atoms with Crippen molar-refractivity contribution in [3.05, 3.63) is 11.9 Å². The fourth-order valence-electron chi connectivity index (χ4n) is 1.59. The highest BCUT2D eigenvalue weighted by molar-refractivity contribution is 5.94. The standard InChI is InChI=1S/C10H15N5O4/c1-19-5-8(10(17)18)12-9(16)7-4-15(14-13-7)6-2-11-3-6/h4,6,8,11H,2-3,5H2,1H3,(H,12,16)(H,17,18). The molecule has 3 N–H and O–H groups in total. The van der Waals surface area contributed by atoms with E-state index in [2.05, 4.69) is 20.9 Å². The van der Waals surface area contributed by atoms with E-state index in [1.165, 1.54) is 13.3 Å². The number of aliphatic carboxylic acids is 1. The Bertz CT molecular complexity index is 470. The van der Waals surface area contributed by atoms with Crippen molar-refractivity contribution >= 4 is 11.9 Å². The van der Waals surface area contributed by atoms with Crippen LogP contribution in [0.3, 0.4) is 0 Å². The number of aromatic nitrogens is 3. The molecule has 0 bridgehead atoms. The Labute approximate surface area is 108 Å². The summed E-state index contributed by atoms with van der Waals surface area (Å²) in [6.07, 6.45) is 1.51. The lowest BCUT2D eigenvalue weighted by molar-refractivity contribution is -0.140. The molecule has 0 saturated carbocycles. The van der Waals surface area contributed by atoms with Crippen LogP contribution in [0.5, 0.6) is 0 Å². The Morgan fingerprint density at radius 1 is 1.68 bits per heavy atom. The maximum atomic E-state index is 11.8. The number of carbonyl (C=O) groups excluding carboxylic acids is 1. The van der Waals surface area contributed by atoms with Gasteiger partial charge in [-0.1, -0.05) is 5.21 Å². The van der Waals surface area contributed by atoms with E-state index in [4.69, 9.17) is 9.84 Å². The van der Waals surface area contributed by atoms with Gasteiger partial charge in [-0.15, -0.1) is 5.10 Å². The Morgan fingerprint density at radius 3 is 2.95 bits per heavy atom. The first-order valence-electron chi connectivity index (χ1n) is 5.77. The zero-order valence-electron chi connectivity index (χ0n) is 10.4. The first-order chi connectivity index (χ1) is 9.11. The largest absolute Gasteiger partial charge is 0.480 e. The van der Waals surface area contributed by atoms with E-state index in [1.807, 2.05) is 0 Å². The van der Waals surface area contributed by atoms with Gasteiger partial charge in [0.05, 0.1) is 18.8 Å². The van der Waals surface area contributed by atoms with Crippen molar-refractivity contribution in [1.29, 1.82) is 0 Å². The summed E-state index contributed by atoms with van der Waals surface area (Å²) in [5.74, 6) is -1.74.